The van der Waals surface area contributed by atoms with Crippen LogP contribution in [0.15, 0.2) is 34.9 Å². The van der Waals surface area contributed by atoms with Crippen molar-refractivity contribution in [2.24, 2.45) is 5.41 Å². The lowest BCUT2D eigenvalue weighted by Gasteiger charge is -2.41. The molecule has 1 aliphatic rings. The Bertz CT molecular complexity index is 846. The van der Waals surface area contributed by atoms with Crippen LogP contribution in [0.5, 0.6) is 0 Å². The van der Waals surface area contributed by atoms with Crippen molar-refractivity contribution in [2.45, 2.75) is 33.1 Å². The summed E-state index contributed by atoms with van der Waals surface area (Å²) in [5.74, 6) is 0.495. The third-order valence-electron chi connectivity index (χ3n) is 5.44. The van der Waals surface area contributed by atoms with E-state index in [2.05, 4.69) is 10.5 Å². The minimum absolute atomic E-state index is 0.0192. The molecule has 1 atom stereocenters. The van der Waals surface area contributed by atoms with Crippen LogP contribution < -0.4 is 5.32 Å². The number of aryl methyl sites for hydroxylation is 1. The van der Waals surface area contributed by atoms with Gasteiger partial charge in [-0.2, -0.15) is 0 Å². The van der Waals surface area contributed by atoms with E-state index >= 15 is 0 Å². The number of methoxy groups -OCH3 is 1. The number of amides is 2. The fraction of sp³-hybridized carbons (Fsp3) is 0.500. The highest BCUT2D eigenvalue weighted by Gasteiger charge is 2.44. The van der Waals surface area contributed by atoms with Gasteiger partial charge in [0.05, 0.1) is 5.41 Å². The molecule has 0 spiro atoms. The molecule has 1 N–H and O–H groups in total. The molecule has 29 heavy (non-hydrogen) atoms. The van der Waals surface area contributed by atoms with Crippen LogP contribution in [0.3, 0.4) is 0 Å². The maximum Gasteiger partial charge on any atom is 0.248 e. The summed E-state index contributed by atoms with van der Waals surface area (Å²) in [4.78, 5) is 27.1. The van der Waals surface area contributed by atoms with Crippen LogP contribution in [-0.2, 0) is 20.7 Å². The predicted octanol–water partition coefficient (Wildman–Crippen LogP) is 2.58. The summed E-state index contributed by atoms with van der Waals surface area (Å²) in [6, 6.07) is 9.95. The molecule has 7 nitrogen and oxygen atoms in total. The first-order chi connectivity index (χ1) is 14.0. The zero-order valence-corrected chi connectivity index (χ0v) is 17.4. The summed E-state index contributed by atoms with van der Waals surface area (Å²) in [5.41, 5.74) is 2.16. The zero-order valence-electron chi connectivity index (χ0n) is 17.4. The largest absolute Gasteiger partial charge is 0.375 e. The molecular formula is C22H29N3O4. The number of aromatic nitrogens is 1. The SMILES string of the molecule is CCNC(=O)[C@]1(Cc2cc(-c3ccc(C)cc3)no2)CCCN(C(=O)COC)C1. The Hall–Kier alpha value is -2.67. The molecule has 2 amide bonds. The van der Waals surface area contributed by atoms with E-state index in [1.165, 1.54) is 12.7 Å². The fourth-order valence-corrected chi connectivity index (χ4v) is 3.91. The van der Waals surface area contributed by atoms with Crippen LogP contribution in [0.25, 0.3) is 11.3 Å². The molecule has 1 aromatic heterocycles. The van der Waals surface area contributed by atoms with Crippen molar-refractivity contribution >= 4 is 11.8 Å². The van der Waals surface area contributed by atoms with Gasteiger partial charge >= 0.3 is 0 Å². The molecule has 0 unspecified atom stereocenters. The van der Waals surface area contributed by atoms with E-state index in [1.54, 1.807) is 4.90 Å². The number of nitrogens with zero attached hydrogens (tertiary/aromatic N) is 2. The number of rotatable bonds is 7. The predicted molar refractivity (Wildman–Crippen MR) is 109 cm³/mol. The van der Waals surface area contributed by atoms with Crippen molar-refractivity contribution in [2.75, 3.05) is 33.4 Å². The number of hydrogen-bond donors (Lipinski definition) is 1. The van der Waals surface area contributed by atoms with Crippen LogP contribution >= 0.6 is 0 Å². The van der Waals surface area contributed by atoms with E-state index < -0.39 is 5.41 Å². The molecule has 1 aliphatic heterocycles. The Morgan fingerprint density at radius 2 is 2.07 bits per heavy atom. The summed E-state index contributed by atoms with van der Waals surface area (Å²) in [6.07, 6.45) is 1.84. The minimum Gasteiger partial charge on any atom is -0.375 e. The van der Waals surface area contributed by atoms with Crippen LogP contribution in [0.1, 0.15) is 31.1 Å². The van der Waals surface area contributed by atoms with Crippen molar-refractivity contribution in [3.8, 4) is 11.3 Å². The van der Waals surface area contributed by atoms with Crippen molar-refractivity contribution in [3.05, 3.63) is 41.7 Å². The Morgan fingerprint density at radius 3 is 2.76 bits per heavy atom. The lowest BCUT2D eigenvalue weighted by atomic mass is 9.75. The van der Waals surface area contributed by atoms with Gasteiger partial charge in [-0.05, 0) is 26.7 Å². The molecule has 0 bridgehead atoms. The molecule has 0 saturated carbocycles. The van der Waals surface area contributed by atoms with E-state index in [0.29, 0.717) is 38.2 Å². The van der Waals surface area contributed by atoms with Crippen LogP contribution in [0.4, 0.5) is 0 Å². The molecule has 2 heterocycles. The molecule has 1 aromatic carbocycles. The number of benzene rings is 1. The van der Waals surface area contributed by atoms with Gasteiger partial charge in [0.25, 0.3) is 0 Å². The van der Waals surface area contributed by atoms with E-state index in [1.807, 2.05) is 44.2 Å². The number of ether oxygens (including phenoxy) is 1. The Morgan fingerprint density at radius 1 is 1.31 bits per heavy atom. The first-order valence-electron chi connectivity index (χ1n) is 10.0. The number of nitrogens with one attached hydrogen (secondary N) is 1. The van der Waals surface area contributed by atoms with Gasteiger partial charge in [-0.25, -0.2) is 0 Å². The van der Waals surface area contributed by atoms with Crippen molar-refractivity contribution in [3.63, 3.8) is 0 Å². The van der Waals surface area contributed by atoms with E-state index in [0.717, 1.165) is 17.7 Å². The molecule has 7 heteroatoms. The van der Waals surface area contributed by atoms with Gasteiger partial charge in [0.2, 0.25) is 11.8 Å². The second-order valence-corrected chi connectivity index (χ2v) is 7.71. The van der Waals surface area contributed by atoms with E-state index in [4.69, 9.17) is 9.26 Å². The third-order valence-corrected chi connectivity index (χ3v) is 5.44. The molecule has 1 fully saturated rings. The molecule has 3 rings (SSSR count). The van der Waals surface area contributed by atoms with Gasteiger partial charge in [-0.3, -0.25) is 9.59 Å². The van der Waals surface area contributed by atoms with E-state index in [9.17, 15) is 9.59 Å². The molecule has 0 radical (unpaired) electrons. The third kappa shape index (κ3) is 4.85. The molecule has 0 aliphatic carbocycles. The summed E-state index contributed by atoms with van der Waals surface area (Å²) in [6.45, 7) is 5.47. The highest BCUT2D eigenvalue weighted by atomic mass is 16.5. The first-order valence-corrected chi connectivity index (χ1v) is 10.0. The standard InChI is InChI=1S/C22H29N3O4/c1-4-23-21(27)22(10-5-11-25(15-22)20(26)14-28-3)13-18-12-19(24-29-18)17-8-6-16(2)7-9-17/h6-9,12H,4-5,10-11,13-15H2,1-3H3,(H,23,27)/t22-/m0/s1. The molecule has 156 valence electrons. The quantitative estimate of drug-likeness (QED) is 0.774. The van der Waals surface area contributed by atoms with Gasteiger partial charge in [-0.15, -0.1) is 0 Å². The summed E-state index contributed by atoms with van der Waals surface area (Å²) in [5, 5.41) is 7.14. The van der Waals surface area contributed by atoms with Gasteiger partial charge in [-0.1, -0.05) is 35.0 Å². The average Bonchev–Trinajstić information content (AvgIpc) is 3.17. The van der Waals surface area contributed by atoms with Gasteiger partial charge in [0.1, 0.15) is 18.1 Å². The summed E-state index contributed by atoms with van der Waals surface area (Å²) < 4.78 is 10.6. The van der Waals surface area contributed by atoms with Crippen LogP contribution in [0.2, 0.25) is 0 Å². The second kappa shape index (κ2) is 9.22. The monoisotopic (exact) mass is 399 g/mol. The topological polar surface area (TPSA) is 84.7 Å². The minimum atomic E-state index is -0.734. The van der Waals surface area contributed by atoms with Gasteiger partial charge in [0.15, 0.2) is 0 Å². The second-order valence-electron chi connectivity index (χ2n) is 7.71. The normalized spacial score (nSPS) is 19.2. The van der Waals surface area contributed by atoms with Gasteiger partial charge < -0.3 is 19.5 Å². The maximum atomic E-state index is 13.0. The fourth-order valence-electron chi connectivity index (χ4n) is 3.91. The smallest absolute Gasteiger partial charge is 0.248 e. The van der Waals surface area contributed by atoms with Crippen molar-refractivity contribution in [1.29, 1.82) is 0 Å². The number of carbonyl (C=O) groups is 2. The number of carbonyl (C=O) groups excluding carboxylic acids is 2. The zero-order chi connectivity index (χ0) is 20.9. The Kier molecular flexibility index (Phi) is 6.69. The van der Waals surface area contributed by atoms with Crippen molar-refractivity contribution < 1.29 is 18.8 Å². The molecule has 1 saturated heterocycles. The summed E-state index contributed by atoms with van der Waals surface area (Å²) >= 11 is 0. The molecule has 2 aromatic rings. The summed E-state index contributed by atoms with van der Waals surface area (Å²) in [7, 11) is 1.50. The maximum absolute atomic E-state index is 13.0. The van der Waals surface area contributed by atoms with Crippen LogP contribution in [0, 0.1) is 12.3 Å². The van der Waals surface area contributed by atoms with Crippen molar-refractivity contribution in [1.82, 2.24) is 15.4 Å². The lowest BCUT2D eigenvalue weighted by Crippen LogP contribution is -2.55. The van der Waals surface area contributed by atoms with Crippen LogP contribution in [-0.4, -0.2) is 55.2 Å². The highest BCUT2D eigenvalue weighted by Crippen LogP contribution is 2.35. The number of likely N-dealkylation sites (tertiary alicyclic amines) is 1. The Labute approximate surface area is 171 Å². The first kappa shape index (κ1) is 21.0. The highest BCUT2D eigenvalue weighted by molar-refractivity contribution is 5.85. The van der Waals surface area contributed by atoms with Gasteiger partial charge in [0, 0.05) is 44.8 Å². The average molecular weight is 399 g/mol. The van der Waals surface area contributed by atoms with E-state index in [-0.39, 0.29) is 18.4 Å². The Balaban J connectivity index is 1.83. The lowest BCUT2D eigenvalue weighted by molar-refractivity contribution is -0.144. The number of piperidine rings is 1. The molecular weight excluding hydrogens is 370 g/mol. The number of hydrogen-bond acceptors (Lipinski definition) is 5.